The van der Waals surface area contributed by atoms with Gasteiger partial charge in [0.1, 0.15) is 5.82 Å². The molecule has 0 spiro atoms. The maximum atomic E-state index is 13.8. The average molecular weight is 283 g/mol. The van der Waals surface area contributed by atoms with Crippen LogP contribution >= 0.6 is 0 Å². The lowest BCUT2D eigenvalue weighted by molar-refractivity contribution is 0.363. The molecule has 110 valence electrons. The molecule has 1 N–H and O–H groups in total. The molecular formula is C19H22FN. The van der Waals surface area contributed by atoms with E-state index in [-0.39, 0.29) is 5.82 Å². The summed E-state index contributed by atoms with van der Waals surface area (Å²) in [6.07, 6.45) is 3.06. The highest BCUT2D eigenvalue weighted by atomic mass is 19.1. The minimum atomic E-state index is -0.0638. The molecule has 1 nitrogen and oxygen atoms in total. The Balaban J connectivity index is 1.67. The van der Waals surface area contributed by atoms with E-state index >= 15 is 0 Å². The number of nitrogens with one attached hydrogen (secondary N) is 1. The lowest BCUT2D eigenvalue weighted by Crippen LogP contribution is -2.35. The number of halogens is 1. The minimum Gasteiger partial charge on any atom is -0.382 e. The molecule has 2 aromatic rings. The van der Waals surface area contributed by atoms with Crippen LogP contribution in [0.2, 0.25) is 0 Å². The van der Waals surface area contributed by atoms with Gasteiger partial charge in [-0.2, -0.15) is 0 Å². The number of para-hydroxylation sites is 1. The second-order valence-corrected chi connectivity index (χ2v) is 5.99. The molecule has 2 heteroatoms. The Bertz CT molecular complexity index is 629. The van der Waals surface area contributed by atoms with Crippen LogP contribution in [0.1, 0.15) is 42.4 Å². The molecule has 0 unspecified atom stereocenters. The van der Waals surface area contributed by atoms with E-state index in [9.17, 15) is 4.39 Å². The summed E-state index contributed by atoms with van der Waals surface area (Å²) in [5, 5.41) is 3.66. The Morgan fingerprint density at radius 3 is 2.57 bits per heavy atom. The van der Waals surface area contributed by atoms with Gasteiger partial charge in [0.15, 0.2) is 0 Å². The highest BCUT2D eigenvalue weighted by molar-refractivity contribution is 5.58. The number of hydrogen-bond donors (Lipinski definition) is 1. The zero-order chi connectivity index (χ0) is 14.8. The number of rotatable bonds is 4. The first-order chi connectivity index (χ1) is 10.2. The van der Waals surface area contributed by atoms with Gasteiger partial charge in [-0.15, -0.1) is 0 Å². The van der Waals surface area contributed by atoms with Gasteiger partial charge in [-0.05, 0) is 54.9 Å². The van der Waals surface area contributed by atoms with Crippen LogP contribution < -0.4 is 5.32 Å². The molecule has 0 aliphatic heterocycles. The summed E-state index contributed by atoms with van der Waals surface area (Å²) in [6.45, 7) is 4.33. The fraction of sp³-hybridized carbons (Fsp3) is 0.368. The van der Waals surface area contributed by atoms with Crippen LogP contribution in [0.3, 0.4) is 0 Å². The van der Waals surface area contributed by atoms with E-state index in [0.29, 0.717) is 12.0 Å². The summed E-state index contributed by atoms with van der Waals surface area (Å²) in [5.74, 6) is 0.295. The van der Waals surface area contributed by atoms with Crippen molar-refractivity contribution >= 4 is 5.69 Å². The molecule has 2 aromatic carbocycles. The number of aryl methyl sites for hydroxylation is 2. The molecule has 1 saturated carbocycles. The summed E-state index contributed by atoms with van der Waals surface area (Å²) in [6, 6.07) is 14.1. The predicted molar refractivity (Wildman–Crippen MR) is 86.3 cm³/mol. The largest absolute Gasteiger partial charge is 0.382 e. The summed E-state index contributed by atoms with van der Waals surface area (Å²) in [7, 11) is 0. The quantitative estimate of drug-likeness (QED) is 0.827. The Hall–Kier alpha value is -1.83. The van der Waals surface area contributed by atoms with Crippen LogP contribution in [0.4, 0.5) is 10.1 Å². The van der Waals surface area contributed by atoms with Crippen LogP contribution in [-0.4, -0.2) is 6.04 Å². The van der Waals surface area contributed by atoms with E-state index in [1.54, 1.807) is 12.1 Å². The van der Waals surface area contributed by atoms with Crippen molar-refractivity contribution in [3.63, 3.8) is 0 Å². The second kappa shape index (κ2) is 5.88. The SMILES string of the molecule is CCc1cccc(C)c1NC1CC(c2ccccc2F)C1. The van der Waals surface area contributed by atoms with Crippen molar-refractivity contribution < 1.29 is 4.39 Å². The van der Waals surface area contributed by atoms with Gasteiger partial charge in [-0.25, -0.2) is 4.39 Å². The van der Waals surface area contributed by atoms with Crippen molar-refractivity contribution in [2.24, 2.45) is 0 Å². The van der Waals surface area contributed by atoms with Crippen molar-refractivity contribution in [3.05, 3.63) is 65.0 Å². The lowest BCUT2D eigenvalue weighted by atomic mass is 9.75. The molecule has 0 saturated heterocycles. The molecule has 1 fully saturated rings. The third-order valence-corrected chi connectivity index (χ3v) is 4.57. The van der Waals surface area contributed by atoms with Crippen LogP contribution in [0.15, 0.2) is 42.5 Å². The maximum Gasteiger partial charge on any atom is 0.126 e. The van der Waals surface area contributed by atoms with E-state index in [0.717, 1.165) is 24.8 Å². The van der Waals surface area contributed by atoms with Crippen molar-refractivity contribution in [2.75, 3.05) is 5.32 Å². The van der Waals surface area contributed by atoms with Gasteiger partial charge < -0.3 is 5.32 Å². The van der Waals surface area contributed by atoms with Gasteiger partial charge in [0.2, 0.25) is 0 Å². The number of anilines is 1. The van der Waals surface area contributed by atoms with E-state index in [1.165, 1.54) is 16.8 Å². The van der Waals surface area contributed by atoms with Crippen LogP contribution in [0, 0.1) is 12.7 Å². The Kier molecular flexibility index (Phi) is 3.96. The number of hydrogen-bond acceptors (Lipinski definition) is 1. The molecule has 0 bridgehead atoms. The molecule has 0 atom stereocenters. The molecule has 1 aliphatic rings. The molecule has 21 heavy (non-hydrogen) atoms. The highest BCUT2D eigenvalue weighted by Gasteiger charge is 2.32. The van der Waals surface area contributed by atoms with Gasteiger partial charge in [-0.3, -0.25) is 0 Å². The lowest BCUT2D eigenvalue weighted by Gasteiger charge is -2.37. The summed E-state index contributed by atoms with van der Waals surface area (Å²) in [5.41, 5.74) is 4.81. The fourth-order valence-electron chi connectivity index (χ4n) is 3.23. The molecule has 3 rings (SSSR count). The first-order valence-electron chi connectivity index (χ1n) is 7.78. The van der Waals surface area contributed by atoms with Crippen LogP contribution in [0.25, 0.3) is 0 Å². The normalized spacial score (nSPS) is 20.9. The third-order valence-electron chi connectivity index (χ3n) is 4.57. The van der Waals surface area contributed by atoms with E-state index in [1.807, 2.05) is 12.1 Å². The first-order valence-corrected chi connectivity index (χ1v) is 7.78. The summed E-state index contributed by atoms with van der Waals surface area (Å²) < 4.78 is 13.8. The van der Waals surface area contributed by atoms with Gasteiger partial charge in [0.05, 0.1) is 0 Å². The molecule has 0 radical (unpaired) electrons. The standard InChI is InChI=1S/C19H22FN/c1-3-14-8-6-7-13(2)19(14)21-16-11-15(12-16)17-9-4-5-10-18(17)20/h4-10,15-16,21H,3,11-12H2,1-2H3. The predicted octanol–water partition coefficient (Wildman–Crippen LogP) is 5.05. The van der Waals surface area contributed by atoms with E-state index in [2.05, 4.69) is 37.4 Å². The van der Waals surface area contributed by atoms with Crippen molar-refractivity contribution in [1.29, 1.82) is 0 Å². The van der Waals surface area contributed by atoms with Crippen molar-refractivity contribution in [3.8, 4) is 0 Å². The topological polar surface area (TPSA) is 12.0 Å². The van der Waals surface area contributed by atoms with Crippen molar-refractivity contribution in [1.82, 2.24) is 0 Å². The van der Waals surface area contributed by atoms with Gasteiger partial charge in [-0.1, -0.05) is 43.3 Å². The molecular weight excluding hydrogens is 261 g/mol. The Labute approximate surface area is 126 Å². The second-order valence-electron chi connectivity index (χ2n) is 5.99. The molecule has 1 aliphatic carbocycles. The van der Waals surface area contributed by atoms with Crippen molar-refractivity contribution in [2.45, 2.75) is 45.1 Å². The third kappa shape index (κ3) is 2.80. The highest BCUT2D eigenvalue weighted by Crippen LogP contribution is 2.40. The van der Waals surface area contributed by atoms with Gasteiger partial charge >= 0.3 is 0 Å². The van der Waals surface area contributed by atoms with Gasteiger partial charge in [0, 0.05) is 11.7 Å². The Morgan fingerprint density at radius 2 is 1.86 bits per heavy atom. The zero-order valence-electron chi connectivity index (χ0n) is 12.7. The summed E-state index contributed by atoms with van der Waals surface area (Å²) in [4.78, 5) is 0. The fourth-order valence-corrected chi connectivity index (χ4v) is 3.23. The molecule has 0 heterocycles. The minimum absolute atomic E-state index is 0.0638. The number of benzene rings is 2. The zero-order valence-corrected chi connectivity index (χ0v) is 12.7. The molecule has 0 amide bonds. The van der Waals surface area contributed by atoms with Crippen LogP contribution in [-0.2, 0) is 6.42 Å². The first kappa shape index (κ1) is 14.1. The average Bonchev–Trinajstić information content (AvgIpc) is 2.45. The Morgan fingerprint density at radius 1 is 1.10 bits per heavy atom. The molecule has 0 aromatic heterocycles. The van der Waals surface area contributed by atoms with E-state index < -0.39 is 0 Å². The van der Waals surface area contributed by atoms with Crippen LogP contribution in [0.5, 0.6) is 0 Å². The monoisotopic (exact) mass is 283 g/mol. The maximum absolute atomic E-state index is 13.8. The smallest absolute Gasteiger partial charge is 0.126 e. The van der Waals surface area contributed by atoms with E-state index in [4.69, 9.17) is 0 Å². The summed E-state index contributed by atoms with van der Waals surface area (Å²) >= 11 is 0. The van der Waals surface area contributed by atoms with Gasteiger partial charge in [0.25, 0.3) is 0 Å².